The molecule has 3 fully saturated rings. The fraction of sp³-hybridized carbons (Fsp3) is 0.318. The Hall–Kier alpha value is -2.75. The van der Waals surface area contributed by atoms with Crippen molar-refractivity contribution in [3.8, 4) is 0 Å². The van der Waals surface area contributed by atoms with Gasteiger partial charge in [0.2, 0.25) is 0 Å². The van der Waals surface area contributed by atoms with Crippen molar-refractivity contribution in [2.45, 2.75) is 12.8 Å². The van der Waals surface area contributed by atoms with Gasteiger partial charge in [-0.3, -0.25) is 9.59 Å². The van der Waals surface area contributed by atoms with Crippen LogP contribution in [0.2, 0.25) is 0 Å². The van der Waals surface area contributed by atoms with E-state index in [1.807, 2.05) is 42.5 Å². The molecule has 2 aromatic carbocycles. The van der Waals surface area contributed by atoms with Gasteiger partial charge in [-0.1, -0.05) is 54.6 Å². The second-order valence-electron chi connectivity index (χ2n) is 8.02. The fourth-order valence-corrected chi connectivity index (χ4v) is 5.66. The number of fused-ring (bicyclic) bond motifs is 4. The number of hydrogen-bond donors (Lipinski definition) is 0. The first-order valence-electron chi connectivity index (χ1n) is 9.29. The van der Waals surface area contributed by atoms with E-state index < -0.39 is 0 Å². The van der Waals surface area contributed by atoms with Gasteiger partial charge in [0.15, 0.2) is 0 Å². The third-order valence-corrected chi connectivity index (χ3v) is 6.96. The predicted molar refractivity (Wildman–Crippen MR) is 98.2 cm³/mol. The number of carbonyl (C=O) groups excluding carboxylic acids is 2. The topological polar surface area (TPSA) is 49.7 Å². The summed E-state index contributed by atoms with van der Waals surface area (Å²) in [5.74, 6) is -0.119. The van der Waals surface area contributed by atoms with Crippen LogP contribution in [0.1, 0.15) is 18.4 Å². The number of hydrazone groups is 1. The zero-order valence-electron chi connectivity index (χ0n) is 14.2. The van der Waals surface area contributed by atoms with Crippen molar-refractivity contribution in [1.29, 1.82) is 0 Å². The van der Waals surface area contributed by atoms with E-state index in [-0.39, 0.29) is 40.9 Å². The molecule has 2 bridgehead atoms. The fourth-order valence-electron chi connectivity index (χ4n) is 5.66. The third-order valence-electron chi connectivity index (χ3n) is 6.96. The summed E-state index contributed by atoms with van der Waals surface area (Å²) < 4.78 is 0. The van der Waals surface area contributed by atoms with E-state index >= 15 is 0 Å². The highest BCUT2D eigenvalue weighted by molar-refractivity contribution is 6.08. The van der Waals surface area contributed by atoms with Crippen LogP contribution in [0.4, 0.5) is 0 Å². The van der Waals surface area contributed by atoms with Crippen LogP contribution in [0.15, 0.2) is 59.7 Å². The van der Waals surface area contributed by atoms with E-state index in [4.69, 9.17) is 0 Å². The van der Waals surface area contributed by atoms with Gasteiger partial charge in [0, 0.05) is 5.56 Å². The highest BCUT2D eigenvalue weighted by Crippen LogP contribution is 2.73. The van der Waals surface area contributed by atoms with Crippen LogP contribution in [0.3, 0.4) is 0 Å². The molecule has 4 heteroatoms. The van der Waals surface area contributed by atoms with Gasteiger partial charge in [0.25, 0.3) is 11.8 Å². The van der Waals surface area contributed by atoms with Crippen LogP contribution < -0.4 is 0 Å². The van der Waals surface area contributed by atoms with Crippen LogP contribution in [-0.2, 0) is 9.59 Å². The van der Waals surface area contributed by atoms with Crippen molar-refractivity contribution in [3.63, 3.8) is 0 Å². The zero-order chi connectivity index (χ0) is 17.5. The Labute approximate surface area is 151 Å². The molecule has 1 saturated heterocycles. The maximum atomic E-state index is 12.9. The summed E-state index contributed by atoms with van der Waals surface area (Å²) >= 11 is 0. The average Bonchev–Trinajstić information content (AvgIpc) is 3.27. The lowest BCUT2D eigenvalue weighted by Crippen LogP contribution is -2.30. The van der Waals surface area contributed by atoms with Crippen LogP contribution in [0.25, 0.3) is 10.8 Å². The summed E-state index contributed by atoms with van der Waals surface area (Å²) in [4.78, 5) is 25.9. The van der Waals surface area contributed by atoms with Crippen molar-refractivity contribution >= 4 is 28.8 Å². The molecule has 1 heterocycles. The molecule has 4 nitrogen and oxygen atoms in total. The van der Waals surface area contributed by atoms with Crippen molar-refractivity contribution in [2.24, 2.45) is 34.2 Å². The normalized spacial score (nSPS) is 33.2. The molecule has 2 amide bonds. The summed E-state index contributed by atoms with van der Waals surface area (Å²) in [5.41, 5.74) is 1.15. The first-order chi connectivity index (χ1) is 12.7. The Kier molecular flexibility index (Phi) is 2.61. The van der Waals surface area contributed by atoms with E-state index in [1.165, 1.54) is 0 Å². The summed E-state index contributed by atoms with van der Waals surface area (Å²) in [6, 6.07) is 14.0. The Bertz CT molecular complexity index is 994. The number of rotatable bonds is 2. The standard InChI is InChI=1S/C22H18N2O2/c25-20-18-16-8-9-17(22(16)10-11-22)19(18)21(26)24(20)23-12-14-6-3-5-13-4-1-2-7-15(13)14/h1-9,12,16-19H,10-11H2/b23-12-/t16-,17+,18-,19+. The van der Waals surface area contributed by atoms with Gasteiger partial charge in [-0.05, 0) is 40.9 Å². The lowest BCUT2D eigenvalue weighted by atomic mass is 9.85. The minimum absolute atomic E-state index is 0.111. The molecular formula is C22H18N2O2. The van der Waals surface area contributed by atoms with Crippen molar-refractivity contribution in [2.75, 3.05) is 0 Å². The monoisotopic (exact) mass is 342 g/mol. The SMILES string of the molecule is O=C1[C@@H]2[C@H](C(=O)N1/N=C\c1cccc3ccccc13)[C@H]1C=C[C@@H]2C12CC2. The van der Waals surface area contributed by atoms with Crippen LogP contribution in [0.5, 0.6) is 0 Å². The lowest BCUT2D eigenvalue weighted by Gasteiger charge is -2.18. The molecule has 4 atom stereocenters. The molecule has 1 aliphatic heterocycles. The van der Waals surface area contributed by atoms with Crippen molar-refractivity contribution < 1.29 is 9.59 Å². The highest BCUT2D eigenvalue weighted by atomic mass is 16.2. The van der Waals surface area contributed by atoms with Crippen LogP contribution in [-0.4, -0.2) is 23.0 Å². The minimum atomic E-state index is -0.190. The van der Waals surface area contributed by atoms with E-state index in [9.17, 15) is 9.59 Å². The predicted octanol–water partition coefficient (Wildman–Crippen LogP) is 3.37. The molecule has 26 heavy (non-hydrogen) atoms. The first kappa shape index (κ1) is 14.4. The number of amides is 2. The van der Waals surface area contributed by atoms with Gasteiger partial charge in [-0.15, -0.1) is 0 Å². The number of hydrogen-bond acceptors (Lipinski definition) is 3. The van der Waals surface area contributed by atoms with E-state index in [2.05, 4.69) is 17.3 Å². The lowest BCUT2D eigenvalue weighted by molar-refractivity contribution is -0.141. The first-order valence-corrected chi connectivity index (χ1v) is 9.29. The van der Waals surface area contributed by atoms with Gasteiger partial charge < -0.3 is 0 Å². The largest absolute Gasteiger partial charge is 0.272 e. The van der Waals surface area contributed by atoms with Crippen molar-refractivity contribution in [3.05, 3.63) is 60.2 Å². The molecule has 3 aliphatic carbocycles. The number of allylic oxidation sites excluding steroid dienone is 2. The molecule has 2 saturated carbocycles. The van der Waals surface area contributed by atoms with E-state index in [0.717, 1.165) is 34.2 Å². The number of benzene rings is 2. The molecular weight excluding hydrogens is 324 g/mol. The number of imide groups is 1. The highest BCUT2D eigenvalue weighted by Gasteiger charge is 2.73. The molecule has 0 radical (unpaired) electrons. The maximum Gasteiger partial charge on any atom is 0.254 e. The molecule has 6 rings (SSSR count). The van der Waals surface area contributed by atoms with Crippen LogP contribution in [0, 0.1) is 29.1 Å². The van der Waals surface area contributed by atoms with Gasteiger partial charge in [-0.25, -0.2) is 0 Å². The summed E-state index contributed by atoms with van der Waals surface area (Å²) in [6.45, 7) is 0. The van der Waals surface area contributed by atoms with Gasteiger partial charge in [0.1, 0.15) is 0 Å². The summed E-state index contributed by atoms with van der Waals surface area (Å²) in [7, 11) is 0. The Morgan fingerprint density at radius 3 is 2.27 bits per heavy atom. The maximum absolute atomic E-state index is 12.9. The number of nitrogens with zero attached hydrogens (tertiary/aromatic N) is 2. The van der Waals surface area contributed by atoms with Crippen LogP contribution >= 0.6 is 0 Å². The Morgan fingerprint density at radius 1 is 0.923 bits per heavy atom. The molecule has 2 aromatic rings. The average molecular weight is 342 g/mol. The second kappa shape index (κ2) is 4.70. The zero-order valence-corrected chi connectivity index (χ0v) is 14.2. The summed E-state index contributed by atoms with van der Waals surface area (Å²) in [6.07, 6.45) is 8.33. The third kappa shape index (κ3) is 1.62. The van der Waals surface area contributed by atoms with Crippen molar-refractivity contribution in [1.82, 2.24) is 5.01 Å². The van der Waals surface area contributed by atoms with E-state index in [1.54, 1.807) is 6.21 Å². The molecule has 4 aliphatic rings. The van der Waals surface area contributed by atoms with Gasteiger partial charge in [0.05, 0.1) is 18.1 Å². The van der Waals surface area contributed by atoms with Gasteiger partial charge in [-0.2, -0.15) is 10.1 Å². The molecule has 128 valence electrons. The summed E-state index contributed by atoms with van der Waals surface area (Å²) in [5, 5.41) is 7.66. The smallest absolute Gasteiger partial charge is 0.254 e. The molecule has 0 unspecified atom stereocenters. The molecule has 0 aromatic heterocycles. The Balaban J connectivity index is 1.35. The van der Waals surface area contributed by atoms with E-state index in [0.29, 0.717) is 0 Å². The second-order valence-corrected chi connectivity index (χ2v) is 8.02. The van der Waals surface area contributed by atoms with Gasteiger partial charge >= 0.3 is 0 Å². The minimum Gasteiger partial charge on any atom is -0.272 e. The molecule has 1 spiro atoms. The Morgan fingerprint density at radius 2 is 1.58 bits per heavy atom. The number of carbonyl (C=O) groups is 2. The quantitative estimate of drug-likeness (QED) is 0.477. The molecule has 0 N–H and O–H groups in total.